The summed E-state index contributed by atoms with van der Waals surface area (Å²) in [7, 11) is 1.71. The van der Waals surface area contributed by atoms with E-state index in [0.29, 0.717) is 31.2 Å². The highest BCUT2D eigenvalue weighted by Gasteiger charge is 2.37. The highest BCUT2D eigenvalue weighted by Crippen LogP contribution is 2.37. The molecule has 0 bridgehead atoms. The fraction of sp³-hybridized carbons (Fsp3) is 0.682. The van der Waals surface area contributed by atoms with Gasteiger partial charge in [-0.25, -0.2) is 0 Å². The monoisotopic (exact) mass is 359 g/mol. The van der Waals surface area contributed by atoms with Gasteiger partial charge < -0.3 is 15.2 Å². The van der Waals surface area contributed by atoms with Crippen LogP contribution in [0.25, 0.3) is 0 Å². The van der Waals surface area contributed by atoms with Gasteiger partial charge in [-0.05, 0) is 74.5 Å². The Hall–Kier alpha value is -1.55. The van der Waals surface area contributed by atoms with Gasteiger partial charge >= 0.3 is 0 Å². The molecule has 4 nitrogen and oxygen atoms in total. The van der Waals surface area contributed by atoms with Crippen molar-refractivity contribution in [3.8, 4) is 5.75 Å². The van der Waals surface area contributed by atoms with Crippen molar-refractivity contribution in [2.24, 2.45) is 5.92 Å². The number of methoxy groups -OCH3 is 1. The number of hydrogen-bond acceptors (Lipinski definition) is 3. The van der Waals surface area contributed by atoms with E-state index in [1.165, 1.54) is 11.1 Å². The van der Waals surface area contributed by atoms with Crippen LogP contribution in [-0.4, -0.2) is 30.3 Å². The summed E-state index contributed by atoms with van der Waals surface area (Å²) < 4.78 is 5.36. The van der Waals surface area contributed by atoms with E-state index in [0.717, 1.165) is 50.7 Å². The van der Waals surface area contributed by atoms with E-state index in [4.69, 9.17) is 4.74 Å². The van der Waals surface area contributed by atoms with Crippen LogP contribution in [0.5, 0.6) is 5.75 Å². The van der Waals surface area contributed by atoms with Crippen molar-refractivity contribution in [2.75, 3.05) is 13.7 Å². The largest absolute Gasteiger partial charge is 0.496 e. The Morgan fingerprint density at radius 2 is 1.88 bits per heavy atom. The number of carbonyl (C=O) groups is 1. The molecule has 1 amide bonds. The molecular weight excluding hydrogens is 326 g/mol. The van der Waals surface area contributed by atoms with E-state index in [2.05, 4.69) is 30.4 Å². The first kappa shape index (κ1) is 19.2. The Morgan fingerprint density at radius 3 is 2.50 bits per heavy atom. The molecule has 2 saturated carbocycles. The molecule has 0 radical (unpaired) electrons. The van der Waals surface area contributed by atoms with E-state index in [1.807, 2.05) is 0 Å². The first-order valence-electron chi connectivity index (χ1n) is 10.2. The van der Waals surface area contributed by atoms with E-state index >= 15 is 0 Å². The lowest BCUT2D eigenvalue weighted by atomic mass is 9.78. The van der Waals surface area contributed by atoms with Gasteiger partial charge in [0.1, 0.15) is 11.4 Å². The predicted molar refractivity (Wildman–Crippen MR) is 103 cm³/mol. The number of aliphatic hydroxyl groups is 1. The molecule has 0 unspecified atom stereocenters. The molecule has 2 aliphatic rings. The van der Waals surface area contributed by atoms with Gasteiger partial charge in [0.2, 0.25) is 0 Å². The van der Waals surface area contributed by atoms with Gasteiger partial charge in [-0.3, -0.25) is 4.79 Å². The summed E-state index contributed by atoms with van der Waals surface area (Å²) in [6, 6.07) is 6.52. The second-order valence-corrected chi connectivity index (χ2v) is 8.25. The zero-order valence-corrected chi connectivity index (χ0v) is 16.2. The summed E-state index contributed by atoms with van der Waals surface area (Å²) in [5, 5.41) is 13.5. The number of amides is 1. The van der Waals surface area contributed by atoms with Crippen LogP contribution in [0.2, 0.25) is 0 Å². The van der Waals surface area contributed by atoms with Crippen LogP contribution >= 0.6 is 0 Å². The molecule has 2 fully saturated rings. The van der Waals surface area contributed by atoms with Crippen molar-refractivity contribution in [3.63, 3.8) is 0 Å². The fourth-order valence-corrected chi connectivity index (χ4v) is 4.62. The smallest absolute Gasteiger partial charge is 0.251 e. The Labute approximate surface area is 157 Å². The average molecular weight is 360 g/mol. The molecule has 2 aliphatic carbocycles. The molecule has 0 aliphatic heterocycles. The molecule has 2 N–H and O–H groups in total. The summed E-state index contributed by atoms with van der Waals surface area (Å²) in [6.07, 6.45) is 8.86. The third-order valence-corrected chi connectivity index (χ3v) is 6.39. The molecule has 3 rings (SSSR count). The minimum atomic E-state index is -1.12. The number of rotatable bonds is 5. The highest BCUT2D eigenvalue weighted by atomic mass is 16.5. The van der Waals surface area contributed by atoms with Crippen LogP contribution in [0, 0.1) is 12.8 Å². The molecule has 0 atom stereocenters. The van der Waals surface area contributed by atoms with Crippen molar-refractivity contribution >= 4 is 5.91 Å². The van der Waals surface area contributed by atoms with Gasteiger partial charge in [-0.2, -0.15) is 0 Å². The van der Waals surface area contributed by atoms with E-state index in [9.17, 15) is 9.90 Å². The quantitative estimate of drug-likeness (QED) is 0.832. The molecule has 4 heteroatoms. The number of benzene rings is 1. The van der Waals surface area contributed by atoms with Gasteiger partial charge in [0.15, 0.2) is 0 Å². The molecule has 26 heavy (non-hydrogen) atoms. The molecule has 0 aromatic heterocycles. The summed E-state index contributed by atoms with van der Waals surface area (Å²) in [4.78, 5) is 12.4. The van der Waals surface area contributed by atoms with E-state index in [1.54, 1.807) is 7.11 Å². The van der Waals surface area contributed by atoms with Gasteiger partial charge in [-0.15, -0.1) is 0 Å². The summed E-state index contributed by atoms with van der Waals surface area (Å²) in [6.45, 7) is 2.80. The third kappa shape index (κ3) is 4.40. The number of hydrogen-bond donors (Lipinski definition) is 2. The molecular formula is C22H33NO3. The molecule has 0 saturated heterocycles. The number of ether oxygens (including phenoxy) is 1. The first-order chi connectivity index (χ1) is 12.5. The SMILES string of the molecule is COc1ccc(C2CCC(CNC(=O)C3(O)CCCCC3)CC2)cc1C. The molecule has 0 heterocycles. The Morgan fingerprint density at radius 1 is 1.19 bits per heavy atom. The van der Waals surface area contributed by atoms with E-state index in [-0.39, 0.29) is 5.91 Å². The van der Waals surface area contributed by atoms with Crippen LogP contribution in [0.15, 0.2) is 18.2 Å². The Kier molecular flexibility index (Phi) is 6.23. The summed E-state index contributed by atoms with van der Waals surface area (Å²) in [5.41, 5.74) is 1.48. The van der Waals surface area contributed by atoms with Crippen LogP contribution in [0.1, 0.15) is 74.8 Å². The molecule has 144 valence electrons. The van der Waals surface area contributed by atoms with Crippen molar-refractivity contribution in [3.05, 3.63) is 29.3 Å². The number of aryl methyl sites for hydroxylation is 1. The van der Waals surface area contributed by atoms with Crippen molar-refractivity contribution in [2.45, 2.75) is 76.2 Å². The van der Waals surface area contributed by atoms with Crippen LogP contribution in [0.3, 0.4) is 0 Å². The van der Waals surface area contributed by atoms with Gasteiger partial charge in [0.05, 0.1) is 7.11 Å². The number of nitrogens with one attached hydrogen (secondary N) is 1. The van der Waals surface area contributed by atoms with Crippen molar-refractivity contribution in [1.82, 2.24) is 5.32 Å². The normalized spacial score (nSPS) is 25.5. The summed E-state index contributed by atoms with van der Waals surface area (Å²) in [5.74, 6) is 1.94. The van der Waals surface area contributed by atoms with Crippen molar-refractivity contribution < 1.29 is 14.6 Å². The van der Waals surface area contributed by atoms with Crippen molar-refractivity contribution in [1.29, 1.82) is 0 Å². The maximum Gasteiger partial charge on any atom is 0.251 e. The van der Waals surface area contributed by atoms with Gasteiger partial charge in [-0.1, -0.05) is 31.4 Å². The van der Waals surface area contributed by atoms with Crippen LogP contribution < -0.4 is 10.1 Å². The lowest BCUT2D eigenvalue weighted by molar-refractivity contribution is -0.143. The maximum absolute atomic E-state index is 12.4. The number of carbonyl (C=O) groups excluding carboxylic acids is 1. The molecule has 0 spiro atoms. The lowest BCUT2D eigenvalue weighted by Gasteiger charge is -2.33. The van der Waals surface area contributed by atoms with Gasteiger partial charge in [0, 0.05) is 6.54 Å². The highest BCUT2D eigenvalue weighted by molar-refractivity contribution is 5.84. The first-order valence-corrected chi connectivity index (χ1v) is 10.2. The van der Waals surface area contributed by atoms with Crippen LogP contribution in [0.4, 0.5) is 0 Å². The average Bonchev–Trinajstić information content (AvgIpc) is 2.67. The second-order valence-electron chi connectivity index (χ2n) is 8.25. The van der Waals surface area contributed by atoms with E-state index < -0.39 is 5.60 Å². The molecule has 1 aromatic rings. The minimum absolute atomic E-state index is 0.148. The predicted octanol–water partition coefficient (Wildman–Crippen LogP) is 4.09. The van der Waals surface area contributed by atoms with Crippen LogP contribution in [-0.2, 0) is 4.79 Å². The fourth-order valence-electron chi connectivity index (χ4n) is 4.62. The topological polar surface area (TPSA) is 58.6 Å². The summed E-state index contributed by atoms with van der Waals surface area (Å²) >= 11 is 0. The maximum atomic E-state index is 12.4. The Balaban J connectivity index is 1.46. The van der Waals surface area contributed by atoms with Gasteiger partial charge in [0.25, 0.3) is 5.91 Å². The zero-order valence-electron chi connectivity index (χ0n) is 16.2. The molecule has 1 aromatic carbocycles. The Bertz CT molecular complexity index is 614. The standard InChI is InChI=1S/C22H33NO3/c1-16-14-19(10-11-20(16)26-2)18-8-6-17(7-9-18)15-23-21(24)22(25)12-4-3-5-13-22/h10-11,14,17-18,25H,3-9,12-13,15H2,1-2H3,(H,23,24). The zero-order chi connectivity index (χ0) is 18.6. The lowest BCUT2D eigenvalue weighted by Crippen LogP contribution is -2.49. The third-order valence-electron chi connectivity index (χ3n) is 6.39. The minimum Gasteiger partial charge on any atom is -0.496 e. The second kappa shape index (κ2) is 8.43.